The normalized spacial score (nSPS) is 16.3. The van der Waals surface area contributed by atoms with Gasteiger partial charge < -0.3 is 10.6 Å². The predicted molar refractivity (Wildman–Crippen MR) is 55.3 cm³/mol. The summed E-state index contributed by atoms with van der Waals surface area (Å²) in [5.74, 6) is -1.01. The van der Waals surface area contributed by atoms with Crippen LogP contribution in [0.3, 0.4) is 0 Å². The summed E-state index contributed by atoms with van der Waals surface area (Å²) in [5.41, 5.74) is 5.55. The van der Waals surface area contributed by atoms with Gasteiger partial charge in [0, 0.05) is 19.1 Å². The van der Waals surface area contributed by atoms with E-state index in [0.717, 1.165) is 0 Å². The zero-order valence-electron chi connectivity index (χ0n) is 7.91. The van der Waals surface area contributed by atoms with Gasteiger partial charge in [-0.05, 0) is 12.1 Å². The highest BCUT2D eigenvalue weighted by Gasteiger charge is 2.30. The Hall–Kier alpha value is -1.13. The number of rotatable bonds is 1. The summed E-state index contributed by atoms with van der Waals surface area (Å²) >= 11 is 5.58. The van der Waals surface area contributed by atoms with E-state index in [1.165, 1.54) is 17.0 Å². The second-order valence-corrected chi connectivity index (χ2v) is 3.98. The van der Waals surface area contributed by atoms with Crippen LogP contribution < -0.4 is 5.73 Å². The van der Waals surface area contributed by atoms with Gasteiger partial charge in [-0.2, -0.15) is 0 Å². The first-order chi connectivity index (χ1) is 7.09. The lowest BCUT2D eigenvalue weighted by molar-refractivity contribution is 0.0603. The number of carbonyl (C=O) groups is 1. The third-order valence-electron chi connectivity index (χ3n) is 2.38. The van der Waals surface area contributed by atoms with Crippen molar-refractivity contribution in [3.8, 4) is 0 Å². The van der Waals surface area contributed by atoms with Gasteiger partial charge in [0.05, 0.1) is 10.6 Å². The van der Waals surface area contributed by atoms with Gasteiger partial charge in [-0.1, -0.05) is 17.7 Å². The van der Waals surface area contributed by atoms with E-state index in [1.54, 1.807) is 6.07 Å². The first-order valence-corrected chi connectivity index (χ1v) is 4.96. The Morgan fingerprint density at radius 2 is 2.20 bits per heavy atom. The van der Waals surface area contributed by atoms with Crippen LogP contribution in [0.2, 0.25) is 5.02 Å². The number of carbonyl (C=O) groups excluding carboxylic acids is 1. The van der Waals surface area contributed by atoms with Gasteiger partial charge in [-0.25, -0.2) is 4.39 Å². The lowest BCUT2D eigenvalue weighted by Crippen LogP contribution is -2.57. The van der Waals surface area contributed by atoms with Crippen molar-refractivity contribution in [2.24, 2.45) is 5.73 Å². The molecule has 1 heterocycles. The van der Waals surface area contributed by atoms with Crippen molar-refractivity contribution in [1.82, 2.24) is 4.90 Å². The fraction of sp³-hybridized carbons (Fsp3) is 0.300. The number of hydrogen-bond acceptors (Lipinski definition) is 2. The van der Waals surface area contributed by atoms with Crippen LogP contribution in [0.5, 0.6) is 0 Å². The van der Waals surface area contributed by atoms with Gasteiger partial charge in [0.2, 0.25) is 0 Å². The summed E-state index contributed by atoms with van der Waals surface area (Å²) in [6.45, 7) is 0.954. The molecular formula is C10H10ClFN2O. The molecule has 1 aromatic carbocycles. The van der Waals surface area contributed by atoms with Crippen molar-refractivity contribution < 1.29 is 9.18 Å². The van der Waals surface area contributed by atoms with Gasteiger partial charge in [0.1, 0.15) is 0 Å². The maximum atomic E-state index is 13.5. The molecule has 0 atom stereocenters. The Morgan fingerprint density at radius 1 is 1.53 bits per heavy atom. The molecule has 0 spiro atoms. The van der Waals surface area contributed by atoms with Crippen LogP contribution >= 0.6 is 11.6 Å². The van der Waals surface area contributed by atoms with Gasteiger partial charge in [-0.3, -0.25) is 4.79 Å². The summed E-state index contributed by atoms with van der Waals surface area (Å²) in [6, 6.07) is 4.40. The van der Waals surface area contributed by atoms with Crippen LogP contribution in [-0.4, -0.2) is 29.9 Å². The molecule has 0 unspecified atom stereocenters. The molecule has 80 valence electrons. The molecule has 5 heteroatoms. The molecule has 0 aromatic heterocycles. The topological polar surface area (TPSA) is 46.3 Å². The summed E-state index contributed by atoms with van der Waals surface area (Å²) in [6.07, 6.45) is 0. The molecule has 1 saturated heterocycles. The molecule has 2 rings (SSSR count). The number of amides is 1. The molecule has 1 amide bonds. The average molecular weight is 229 g/mol. The first kappa shape index (κ1) is 10.4. The molecule has 15 heavy (non-hydrogen) atoms. The van der Waals surface area contributed by atoms with E-state index < -0.39 is 5.82 Å². The van der Waals surface area contributed by atoms with Crippen molar-refractivity contribution in [2.45, 2.75) is 6.04 Å². The maximum absolute atomic E-state index is 13.5. The van der Waals surface area contributed by atoms with E-state index >= 15 is 0 Å². The van der Waals surface area contributed by atoms with E-state index in [-0.39, 0.29) is 22.5 Å². The third kappa shape index (κ3) is 1.82. The zero-order valence-corrected chi connectivity index (χ0v) is 8.67. The van der Waals surface area contributed by atoms with Crippen LogP contribution in [0.25, 0.3) is 0 Å². The van der Waals surface area contributed by atoms with Crippen molar-refractivity contribution >= 4 is 17.5 Å². The molecule has 1 aliphatic heterocycles. The molecule has 3 nitrogen and oxygen atoms in total. The van der Waals surface area contributed by atoms with Gasteiger partial charge >= 0.3 is 0 Å². The summed E-state index contributed by atoms with van der Waals surface area (Å²) in [4.78, 5) is 13.2. The summed E-state index contributed by atoms with van der Waals surface area (Å²) in [5, 5.41) is -0.0364. The second-order valence-electron chi connectivity index (χ2n) is 3.57. The number of hydrogen-bond donors (Lipinski definition) is 1. The largest absolute Gasteiger partial charge is 0.335 e. The first-order valence-electron chi connectivity index (χ1n) is 4.58. The highest BCUT2D eigenvalue weighted by molar-refractivity contribution is 6.31. The Kier molecular flexibility index (Phi) is 2.63. The minimum absolute atomic E-state index is 0.00870. The SMILES string of the molecule is NC1CN(C(=O)c2cccc(Cl)c2F)C1. The number of likely N-dealkylation sites (tertiary alicyclic amines) is 1. The van der Waals surface area contributed by atoms with Crippen LogP contribution in [0.1, 0.15) is 10.4 Å². The number of nitrogens with zero attached hydrogens (tertiary/aromatic N) is 1. The molecule has 0 saturated carbocycles. The Bertz CT molecular complexity index is 404. The van der Waals surface area contributed by atoms with Crippen LogP contribution in [0.4, 0.5) is 4.39 Å². The number of nitrogens with two attached hydrogens (primary N) is 1. The number of halogens is 2. The molecule has 0 radical (unpaired) electrons. The molecule has 1 aromatic rings. The molecular weight excluding hydrogens is 219 g/mol. The minimum atomic E-state index is -0.662. The Labute approximate surface area is 91.6 Å². The molecule has 1 aliphatic rings. The standard InChI is InChI=1S/C10H10ClFN2O/c11-8-3-1-2-7(9(8)12)10(15)14-4-6(13)5-14/h1-3,6H,4-5,13H2. The van der Waals surface area contributed by atoms with Crippen LogP contribution in [0.15, 0.2) is 18.2 Å². The van der Waals surface area contributed by atoms with Crippen molar-refractivity contribution in [3.05, 3.63) is 34.6 Å². The smallest absolute Gasteiger partial charge is 0.256 e. The highest BCUT2D eigenvalue weighted by atomic mass is 35.5. The fourth-order valence-corrected chi connectivity index (χ4v) is 1.69. The fourth-order valence-electron chi connectivity index (χ4n) is 1.52. The zero-order chi connectivity index (χ0) is 11.0. The predicted octanol–water partition coefficient (Wildman–Crippen LogP) is 1.26. The average Bonchev–Trinajstić information content (AvgIpc) is 2.16. The quantitative estimate of drug-likeness (QED) is 0.787. The van der Waals surface area contributed by atoms with Crippen molar-refractivity contribution in [2.75, 3.05) is 13.1 Å². The lowest BCUT2D eigenvalue weighted by Gasteiger charge is -2.36. The molecule has 1 fully saturated rings. The van der Waals surface area contributed by atoms with Crippen molar-refractivity contribution in [3.63, 3.8) is 0 Å². The Balaban J connectivity index is 2.22. The van der Waals surface area contributed by atoms with E-state index in [0.29, 0.717) is 13.1 Å². The second kappa shape index (κ2) is 3.79. The lowest BCUT2D eigenvalue weighted by atomic mass is 10.1. The number of benzene rings is 1. The van der Waals surface area contributed by atoms with E-state index in [4.69, 9.17) is 17.3 Å². The van der Waals surface area contributed by atoms with Gasteiger partial charge in [0.25, 0.3) is 5.91 Å². The third-order valence-corrected chi connectivity index (χ3v) is 2.67. The summed E-state index contributed by atoms with van der Waals surface area (Å²) < 4.78 is 13.5. The highest BCUT2D eigenvalue weighted by Crippen LogP contribution is 2.20. The maximum Gasteiger partial charge on any atom is 0.256 e. The van der Waals surface area contributed by atoms with Gasteiger partial charge in [-0.15, -0.1) is 0 Å². The minimum Gasteiger partial charge on any atom is -0.335 e. The molecule has 0 aliphatic carbocycles. The van der Waals surface area contributed by atoms with E-state index in [2.05, 4.69) is 0 Å². The van der Waals surface area contributed by atoms with Crippen molar-refractivity contribution in [1.29, 1.82) is 0 Å². The van der Waals surface area contributed by atoms with E-state index in [1.807, 2.05) is 0 Å². The Morgan fingerprint density at radius 3 is 2.80 bits per heavy atom. The van der Waals surface area contributed by atoms with Gasteiger partial charge in [0.15, 0.2) is 5.82 Å². The van der Waals surface area contributed by atoms with E-state index in [9.17, 15) is 9.18 Å². The van der Waals surface area contributed by atoms with Crippen LogP contribution in [0, 0.1) is 5.82 Å². The molecule has 0 bridgehead atoms. The van der Waals surface area contributed by atoms with Crippen LogP contribution in [-0.2, 0) is 0 Å². The molecule has 2 N–H and O–H groups in total. The monoisotopic (exact) mass is 228 g/mol. The summed E-state index contributed by atoms with van der Waals surface area (Å²) in [7, 11) is 0.